The molecule has 0 fully saturated rings. The van der Waals surface area contributed by atoms with Crippen LogP contribution in [0.25, 0.3) is 10.8 Å². The topological polar surface area (TPSA) is 46.5 Å². The van der Waals surface area contributed by atoms with Crippen molar-refractivity contribution in [1.82, 2.24) is 0 Å². The Balaban J connectivity index is 1.81. The third-order valence-electron chi connectivity index (χ3n) is 4.22. The van der Waals surface area contributed by atoms with Crippen molar-refractivity contribution in [2.24, 2.45) is 0 Å². The lowest BCUT2D eigenvalue weighted by atomic mass is 9.86. The van der Waals surface area contributed by atoms with E-state index in [1.165, 1.54) is 0 Å². The Hall–Kier alpha value is -2.81. The van der Waals surface area contributed by atoms with Crippen LogP contribution in [0.4, 0.5) is 0 Å². The summed E-state index contributed by atoms with van der Waals surface area (Å²) in [5.74, 6) is 0.344. The van der Waals surface area contributed by atoms with Gasteiger partial charge in [0.05, 0.1) is 6.42 Å². The van der Waals surface area contributed by atoms with Crippen molar-refractivity contribution < 1.29 is 14.6 Å². The van der Waals surface area contributed by atoms with Gasteiger partial charge in [-0.25, -0.2) is 0 Å². The van der Waals surface area contributed by atoms with Crippen LogP contribution in [0.5, 0.6) is 11.5 Å². The first kappa shape index (κ1) is 17.0. The third-order valence-corrected chi connectivity index (χ3v) is 4.22. The number of hydrogen-bond acceptors (Lipinski definition) is 3. The average molecular weight is 334 g/mol. The molecule has 0 spiro atoms. The molecule has 3 aromatic carbocycles. The van der Waals surface area contributed by atoms with Crippen molar-refractivity contribution in [3.8, 4) is 11.5 Å². The van der Waals surface area contributed by atoms with Gasteiger partial charge in [0.1, 0.15) is 11.5 Å². The van der Waals surface area contributed by atoms with Crippen molar-refractivity contribution in [3.63, 3.8) is 0 Å². The zero-order valence-electron chi connectivity index (χ0n) is 14.7. The highest BCUT2D eigenvalue weighted by Crippen LogP contribution is 2.33. The van der Waals surface area contributed by atoms with Gasteiger partial charge in [0.2, 0.25) is 0 Å². The Bertz CT molecular complexity index is 915. The molecular weight excluding hydrogens is 312 g/mol. The molecule has 0 atom stereocenters. The zero-order valence-corrected chi connectivity index (χ0v) is 14.7. The van der Waals surface area contributed by atoms with Gasteiger partial charge in [0, 0.05) is 5.56 Å². The van der Waals surface area contributed by atoms with Gasteiger partial charge in [-0.05, 0) is 39.9 Å². The van der Waals surface area contributed by atoms with Crippen LogP contribution < -0.4 is 4.74 Å². The molecule has 0 radical (unpaired) electrons. The summed E-state index contributed by atoms with van der Waals surface area (Å²) in [6.45, 7) is 6.01. The Morgan fingerprint density at radius 3 is 2.48 bits per heavy atom. The Labute approximate surface area is 147 Å². The number of ether oxygens (including phenoxy) is 1. The lowest BCUT2D eigenvalue weighted by molar-refractivity contribution is -0.133. The summed E-state index contributed by atoms with van der Waals surface area (Å²) >= 11 is 0. The first-order chi connectivity index (χ1) is 11.8. The second-order valence-corrected chi connectivity index (χ2v) is 7.22. The molecule has 3 nitrogen and oxygen atoms in total. The zero-order chi connectivity index (χ0) is 18.0. The monoisotopic (exact) mass is 334 g/mol. The second kappa shape index (κ2) is 6.60. The van der Waals surface area contributed by atoms with Gasteiger partial charge in [0.15, 0.2) is 0 Å². The fourth-order valence-corrected chi connectivity index (χ4v) is 2.95. The number of carbonyl (C=O) groups excluding carboxylic acids is 1. The van der Waals surface area contributed by atoms with Crippen molar-refractivity contribution in [2.45, 2.75) is 32.6 Å². The van der Waals surface area contributed by atoms with Gasteiger partial charge in [-0.1, -0.05) is 63.2 Å². The molecule has 0 saturated heterocycles. The fraction of sp³-hybridized carbons (Fsp3) is 0.227. The van der Waals surface area contributed by atoms with Gasteiger partial charge in [-0.3, -0.25) is 4.79 Å². The first-order valence-electron chi connectivity index (χ1n) is 8.35. The summed E-state index contributed by atoms with van der Waals surface area (Å²) in [5.41, 5.74) is 1.46. The van der Waals surface area contributed by atoms with Crippen molar-refractivity contribution in [3.05, 3.63) is 71.8 Å². The standard InChI is InChI=1S/C22H22O3/c1-22(2,3)19-14-17(11-12-20(19)23)25-21(24)13-16-9-6-8-15-7-4-5-10-18(15)16/h4-12,14,23H,13H2,1-3H3. The quantitative estimate of drug-likeness (QED) is 0.542. The van der Waals surface area contributed by atoms with Crippen LogP contribution in [0.1, 0.15) is 31.9 Å². The molecule has 0 aliphatic heterocycles. The van der Waals surface area contributed by atoms with E-state index in [-0.39, 0.29) is 23.6 Å². The minimum absolute atomic E-state index is 0.201. The molecule has 3 rings (SSSR count). The van der Waals surface area contributed by atoms with E-state index in [2.05, 4.69) is 0 Å². The molecule has 3 heteroatoms. The average Bonchev–Trinajstić information content (AvgIpc) is 2.56. The van der Waals surface area contributed by atoms with E-state index in [0.717, 1.165) is 21.9 Å². The highest BCUT2D eigenvalue weighted by molar-refractivity contribution is 5.89. The molecule has 25 heavy (non-hydrogen) atoms. The molecular formula is C22H22O3. The van der Waals surface area contributed by atoms with Crippen molar-refractivity contribution in [1.29, 1.82) is 0 Å². The maximum absolute atomic E-state index is 12.4. The summed E-state index contributed by atoms with van der Waals surface area (Å²) in [5, 5.41) is 12.2. The molecule has 0 unspecified atom stereocenters. The Morgan fingerprint density at radius 2 is 1.72 bits per heavy atom. The van der Waals surface area contributed by atoms with Gasteiger partial charge < -0.3 is 9.84 Å². The lowest BCUT2D eigenvalue weighted by Crippen LogP contribution is -2.14. The van der Waals surface area contributed by atoms with E-state index in [1.54, 1.807) is 18.2 Å². The Morgan fingerprint density at radius 1 is 1.00 bits per heavy atom. The highest BCUT2D eigenvalue weighted by atomic mass is 16.5. The number of hydrogen-bond donors (Lipinski definition) is 1. The predicted octanol–water partition coefficient (Wildman–Crippen LogP) is 4.99. The number of rotatable bonds is 3. The molecule has 1 N–H and O–H groups in total. The number of aromatic hydroxyl groups is 1. The lowest BCUT2D eigenvalue weighted by Gasteiger charge is -2.21. The number of phenolic OH excluding ortho intramolecular Hbond substituents is 1. The summed E-state index contributed by atoms with van der Waals surface area (Å²) in [6, 6.07) is 18.8. The number of carbonyl (C=O) groups is 1. The molecule has 0 aliphatic carbocycles. The van der Waals surface area contributed by atoms with E-state index < -0.39 is 0 Å². The summed E-state index contributed by atoms with van der Waals surface area (Å²) in [7, 11) is 0. The maximum Gasteiger partial charge on any atom is 0.315 e. The normalized spacial score (nSPS) is 11.5. The van der Waals surface area contributed by atoms with Crippen LogP contribution in [-0.4, -0.2) is 11.1 Å². The van der Waals surface area contributed by atoms with E-state index in [0.29, 0.717) is 5.75 Å². The summed E-state index contributed by atoms with van der Waals surface area (Å²) < 4.78 is 5.51. The van der Waals surface area contributed by atoms with Gasteiger partial charge in [0.25, 0.3) is 0 Å². The van der Waals surface area contributed by atoms with E-state index in [9.17, 15) is 9.90 Å². The van der Waals surface area contributed by atoms with Crippen molar-refractivity contribution >= 4 is 16.7 Å². The Kier molecular flexibility index (Phi) is 4.49. The van der Waals surface area contributed by atoms with Crippen LogP contribution in [-0.2, 0) is 16.6 Å². The fourth-order valence-electron chi connectivity index (χ4n) is 2.95. The minimum atomic E-state index is -0.318. The van der Waals surface area contributed by atoms with Gasteiger partial charge in [-0.2, -0.15) is 0 Å². The minimum Gasteiger partial charge on any atom is -0.508 e. The second-order valence-electron chi connectivity index (χ2n) is 7.22. The molecule has 0 aliphatic rings. The molecule has 128 valence electrons. The van der Waals surface area contributed by atoms with Crippen LogP contribution in [0, 0.1) is 0 Å². The van der Waals surface area contributed by atoms with E-state index in [1.807, 2.05) is 63.2 Å². The predicted molar refractivity (Wildman–Crippen MR) is 100 cm³/mol. The smallest absolute Gasteiger partial charge is 0.315 e. The molecule has 0 aromatic heterocycles. The van der Waals surface area contributed by atoms with Crippen molar-refractivity contribution in [2.75, 3.05) is 0 Å². The SMILES string of the molecule is CC(C)(C)c1cc(OC(=O)Cc2cccc3ccccc23)ccc1O. The van der Waals surface area contributed by atoms with E-state index in [4.69, 9.17) is 4.74 Å². The maximum atomic E-state index is 12.4. The molecule has 0 bridgehead atoms. The molecule has 0 saturated carbocycles. The van der Waals surface area contributed by atoms with Gasteiger partial charge in [-0.15, -0.1) is 0 Å². The molecule has 3 aromatic rings. The van der Waals surface area contributed by atoms with Crippen LogP contribution in [0.2, 0.25) is 0 Å². The van der Waals surface area contributed by atoms with Crippen LogP contribution in [0.15, 0.2) is 60.7 Å². The first-order valence-corrected chi connectivity index (χ1v) is 8.35. The number of benzene rings is 3. The van der Waals surface area contributed by atoms with Crippen LogP contribution >= 0.6 is 0 Å². The largest absolute Gasteiger partial charge is 0.508 e. The molecule has 0 heterocycles. The summed E-state index contributed by atoms with van der Waals surface area (Å²) in [4.78, 5) is 12.4. The molecule has 0 amide bonds. The van der Waals surface area contributed by atoms with Gasteiger partial charge >= 0.3 is 5.97 Å². The highest BCUT2D eigenvalue weighted by Gasteiger charge is 2.19. The number of phenols is 1. The van der Waals surface area contributed by atoms with E-state index >= 15 is 0 Å². The summed E-state index contributed by atoms with van der Waals surface area (Å²) in [6.07, 6.45) is 0.201. The number of esters is 1. The van der Waals surface area contributed by atoms with Crippen LogP contribution in [0.3, 0.4) is 0 Å². The third kappa shape index (κ3) is 3.82. The number of fused-ring (bicyclic) bond motifs is 1.